The SMILES string of the molecule is Cc1cccc(N)c1C(=O)N=C1NC(=O)CN1C. The summed E-state index contributed by atoms with van der Waals surface area (Å²) in [5, 5.41) is 2.52. The number of hydrogen-bond acceptors (Lipinski definition) is 3. The summed E-state index contributed by atoms with van der Waals surface area (Å²) in [5.41, 5.74) is 7.29. The van der Waals surface area contributed by atoms with E-state index >= 15 is 0 Å². The minimum Gasteiger partial charge on any atom is -0.398 e. The highest BCUT2D eigenvalue weighted by Crippen LogP contribution is 2.17. The number of benzene rings is 1. The topological polar surface area (TPSA) is 87.8 Å². The Morgan fingerprint density at radius 3 is 2.78 bits per heavy atom. The van der Waals surface area contributed by atoms with E-state index in [-0.39, 0.29) is 18.4 Å². The average molecular weight is 246 g/mol. The Morgan fingerprint density at radius 2 is 2.22 bits per heavy atom. The van der Waals surface area contributed by atoms with Crippen molar-refractivity contribution in [2.24, 2.45) is 4.99 Å². The molecule has 0 atom stereocenters. The van der Waals surface area contributed by atoms with Crippen LogP contribution in [0.5, 0.6) is 0 Å². The molecular weight excluding hydrogens is 232 g/mol. The number of aliphatic imine (C=N–C) groups is 1. The molecule has 1 fully saturated rings. The maximum absolute atomic E-state index is 12.0. The molecule has 1 heterocycles. The van der Waals surface area contributed by atoms with Crippen molar-refractivity contribution >= 4 is 23.5 Å². The predicted molar refractivity (Wildman–Crippen MR) is 68.1 cm³/mol. The van der Waals surface area contributed by atoms with Gasteiger partial charge in [0.1, 0.15) is 0 Å². The van der Waals surface area contributed by atoms with Crippen molar-refractivity contribution in [3.05, 3.63) is 29.3 Å². The van der Waals surface area contributed by atoms with Crippen molar-refractivity contribution in [3.63, 3.8) is 0 Å². The lowest BCUT2D eigenvalue weighted by Gasteiger charge is -2.09. The molecule has 0 radical (unpaired) electrons. The van der Waals surface area contributed by atoms with Crippen LogP contribution in [0.3, 0.4) is 0 Å². The Morgan fingerprint density at radius 1 is 1.50 bits per heavy atom. The molecule has 1 aliphatic rings. The van der Waals surface area contributed by atoms with Crippen LogP contribution in [-0.4, -0.2) is 36.3 Å². The molecular formula is C12H14N4O2. The predicted octanol–water partition coefficient (Wildman–Crippen LogP) is 0.135. The molecule has 18 heavy (non-hydrogen) atoms. The second-order valence-electron chi connectivity index (χ2n) is 4.18. The van der Waals surface area contributed by atoms with Gasteiger partial charge in [-0.25, -0.2) is 0 Å². The number of hydrogen-bond donors (Lipinski definition) is 2. The van der Waals surface area contributed by atoms with E-state index in [1.54, 1.807) is 37.1 Å². The van der Waals surface area contributed by atoms with Gasteiger partial charge in [-0.15, -0.1) is 0 Å². The largest absolute Gasteiger partial charge is 0.398 e. The highest BCUT2D eigenvalue weighted by atomic mass is 16.2. The summed E-state index contributed by atoms with van der Waals surface area (Å²) < 4.78 is 0. The number of nitrogen functional groups attached to an aromatic ring is 1. The van der Waals surface area contributed by atoms with Crippen molar-refractivity contribution in [1.29, 1.82) is 0 Å². The molecule has 2 amide bonds. The molecule has 3 N–H and O–H groups in total. The second-order valence-corrected chi connectivity index (χ2v) is 4.18. The fourth-order valence-corrected chi connectivity index (χ4v) is 1.80. The number of rotatable bonds is 1. The zero-order chi connectivity index (χ0) is 13.3. The molecule has 0 aromatic heterocycles. The zero-order valence-electron chi connectivity index (χ0n) is 10.2. The van der Waals surface area contributed by atoms with Crippen LogP contribution in [0.15, 0.2) is 23.2 Å². The average Bonchev–Trinajstić information content (AvgIpc) is 2.57. The van der Waals surface area contributed by atoms with Gasteiger partial charge in [-0.05, 0) is 18.6 Å². The molecule has 1 aromatic carbocycles. The normalized spacial score (nSPS) is 17.1. The molecule has 6 nitrogen and oxygen atoms in total. The van der Waals surface area contributed by atoms with Crippen molar-refractivity contribution < 1.29 is 9.59 Å². The van der Waals surface area contributed by atoms with Crippen LogP contribution in [0.2, 0.25) is 0 Å². The first-order valence-electron chi connectivity index (χ1n) is 5.48. The minimum atomic E-state index is -0.449. The highest BCUT2D eigenvalue weighted by molar-refractivity contribution is 6.12. The van der Waals surface area contributed by atoms with E-state index in [9.17, 15) is 9.59 Å². The first-order valence-corrected chi connectivity index (χ1v) is 5.48. The maximum Gasteiger partial charge on any atom is 0.282 e. The Labute approximate surface area is 104 Å². The number of likely N-dealkylation sites (N-methyl/N-ethyl adjacent to an activating group) is 1. The third kappa shape index (κ3) is 2.17. The number of carbonyl (C=O) groups is 2. The van der Waals surface area contributed by atoms with Gasteiger partial charge in [-0.3, -0.25) is 14.9 Å². The summed E-state index contributed by atoms with van der Waals surface area (Å²) in [6.45, 7) is 2.00. The van der Waals surface area contributed by atoms with E-state index in [2.05, 4.69) is 10.3 Å². The summed E-state index contributed by atoms with van der Waals surface area (Å²) in [4.78, 5) is 28.7. The van der Waals surface area contributed by atoms with Crippen LogP contribution >= 0.6 is 0 Å². The van der Waals surface area contributed by atoms with Gasteiger partial charge in [0, 0.05) is 12.7 Å². The van der Waals surface area contributed by atoms with Crippen molar-refractivity contribution in [2.45, 2.75) is 6.92 Å². The number of nitrogens with zero attached hydrogens (tertiary/aromatic N) is 2. The van der Waals surface area contributed by atoms with Crippen LogP contribution in [0, 0.1) is 6.92 Å². The van der Waals surface area contributed by atoms with E-state index in [0.717, 1.165) is 5.56 Å². The third-order valence-electron chi connectivity index (χ3n) is 2.72. The van der Waals surface area contributed by atoms with Crippen LogP contribution < -0.4 is 11.1 Å². The van der Waals surface area contributed by atoms with Gasteiger partial charge in [0.2, 0.25) is 11.9 Å². The van der Waals surface area contributed by atoms with Gasteiger partial charge in [-0.1, -0.05) is 12.1 Å². The van der Waals surface area contributed by atoms with E-state index in [1.165, 1.54) is 0 Å². The third-order valence-corrected chi connectivity index (χ3v) is 2.72. The lowest BCUT2D eigenvalue weighted by molar-refractivity contribution is -0.118. The lowest BCUT2D eigenvalue weighted by atomic mass is 10.1. The molecule has 0 spiro atoms. The Balaban J connectivity index is 2.33. The first kappa shape index (κ1) is 12.1. The Hall–Kier alpha value is -2.37. The fraction of sp³-hybridized carbons (Fsp3) is 0.250. The number of aryl methyl sites for hydroxylation is 1. The van der Waals surface area contributed by atoms with Gasteiger partial charge in [0.15, 0.2) is 0 Å². The number of nitrogens with one attached hydrogen (secondary N) is 1. The number of guanidine groups is 1. The van der Waals surface area contributed by atoms with Gasteiger partial charge in [0.25, 0.3) is 5.91 Å². The van der Waals surface area contributed by atoms with Crippen LogP contribution in [0.1, 0.15) is 15.9 Å². The molecule has 1 aliphatic heterocycles. The maximum atomic E-state index is 12.0. The Kier molecular flexibility index (Phi) is 3.01. The van der Waals surface area contributed by atoms with E-state index in [1.807, 2.05) is 0 Å². The van der Waals surface area contributed by atoms with Crippen LogP contribution in [-0.2, 0) is 4.79 Å². The summed E-state index contributed by atoms with van der Waals surface area (Å²) >= 11 is 0. The quantitative estimate of drug-likeness (QED) is 0.690. The molecule has 2 rings (SSSR count). The molecule has 1 saturated heterocycles. The van der Waals surface area contributed by atoms with Gasteiger partial charge in [-0.2, -0.15) is 4.99 Å². The molecule has 0 aliphatic carbocycles. The van der Waals surface area contributed by atoms with Gasteiger partial charge < -0.3 is 10.6 Å². The number of anilines is 1. The zero-order valence-corrected chi connectivity index (χ0v) is 10.2. The standard InChI is InChI=1S/C12H14N4O2/c1-7-4-3-5-8(13)10(7)11(18)15-12-14-9(17)6-16(12)2/h3-5H,6,13H2,1-2H3,(H,14,15,17,18). The smallest absolute Gasteiger partial charge is 0.282 e. The molecule has 94 valence electrons. The lowest BCUT2D eigenvalue weighted by Crippen LogP contribution is -2.28. The molecule has 6 heteroatoms. The number of carbonyl (C=O) groups excluding carboxylic acids is 2. The number of nitrogens with two attached hydrogens (primary N) is 1. The highest BCUT2D eigenvalue weighted by Gasteiger charge is 2.23. The van der Waals surface area contributed by atoms with Crippen molar-refractivity contribution in [2.75, 3.05) is 19.3 Å². The number of amides is 2. The summed E-state index contributed by atoms with van der Waals surface area (Å²) in [6, 6.07) is 5.22. The van der Waals surface area contributed by atoms with E-state index in [4.69, 9.17) is 5.73 Å². The summed E-state index contributed by atoms with van der Waals surface area (Å²) in [6.07, 6.45) is 0. The molecule has 1 aromatic rings. The molecule has 0 saturated carbocycles. The first-order chi connectivity index (χ1) is 8.49. The van der Waals surface area contributed by atoms with Gasteiger partial charge in [0.05, 0.1) is 12.1 Å². The minimum absolute atomic E-state index is 0.179. The van der Waals surface area contributed by atoms with Crippen LogP contribution in [0.4, 0.5) is 5.69 Å². The van der Waals surface area contributed by atoms with Crippen LogP contribution in [0.25, 0.3) is 0 Å². The molecule has 0 unspecified atom stereocenters. The summed E-state index contributed by atoms with van der Waals surface area (Å²) in [5.74, 6) is -0.371. The molecule has 0 bridgehead atoms. The second kappa shape index (κ2) is 4.48. The summed E-state index contributed by atoms with van der Waals surface area (Å²) in [7, 11) is 1.69. The fourth-order valence-electron chi connectivity index (χ4n) is 1.80. The van der Waals surface area contributed by atoms with Crippen molar-refractivity contribution in [3.8, 4) is 0 Å². The van der Waals surface area contributed by atoms with Crippen molar-refractivity contribution in [1.82, 2.24) is 10.2 Å². The van der Waals surface area contributed by atoms with Gasteiger partial charge >= 0.3 is 0 Å². The Bertz CT molecular complexity index is 531. The monoisotopic (exact) mass is 246 g/mol. The van der Waals surface area contributed by atoms with E-state index < -0.39 is 5.91 Å². The van der Waals surface area contributed by atoms with E-state index in [0.29, 0.717) is 11.3 Å².